The maximum absolute atomic E-state index is 4.21. The van der Waals surface area contributed by atoms with Crippen LogP contribution in [0.4, 0.5) is 0 Å². The molecular formula is C6H11NS. The molecule has 0 N–H and O–H groups in total. The average molecular weight is 129 g/mol. The molecule has 0 saturated heterocycles. The Morgan fingerprint density at radius 2 is 2.12 bits per heavy atom. The molecule has 0 bridgehead atoms. The minimum absolute atomic E-state index is 0.0683. The van der Waals surface area contributed by atoms with Crippen LogP contribution in [0.1, 0.15) is 13.8 Å². The molecule has 0 radical (unpaired) electrons. The lowest BCUT2D eigenvalue weighted by Crippen LogP contribution is -2.03. The van der Waals surface area contributed by atoms with Crippen molar-refractivity contribution in [3.05, 3.63) is 12.3 Å². The highest BCUT2D eigenvalue weighted by Crippen LogP contribution is 2.12. The van der Waals surface area contributed by atoms with E-state index in [0.717, 1.165) is 0 Å². The molecule has 0 aliphatic carbocycles. The zero-order valence-corrected chi connectivity index (χ0v) is 6.15. The summed E-state index contributed by atoms with van der Waals surface area (Å²) in [6.07, 6.45) is 3.52. The van der Waals surface area contributed by atoms with Gasteiger partial charge in [0.05, 0.1) is 0 Å². The van der Waals surface area contributed by atoms with Crippen LogP contribution in [0.25, 0.3) is 0 Å². The number of aliphatic imine (C=N–C) groups is 1. The zero-order valence-electron chi connectivity index (χ0n) is 5.26. The first-order valence-electron chi connectivity index (χ1n) is 2.42. The fourth-order valence-electron chi connectivity index (χ4n) is 0.235. The minimum Gasteiger partial charge on any atom is -0.273 e. The molecule has 0 atom stereocenters. The maximum Gasteiger partial charge on any atom is 0.0270 e. The fourth-order valence-corrected chi connectivity index (χ4v) is 0.302. The van der Waals surface area contributed by atoms with E-state index in [0.29, 0.717) is 0 Å². The molecule has 0 fully saturated rings. The van der Waals surface area contributed by atoms with E-state index in [4.69, 9.17) is 0 Å². The summed E-state index contributed by atoms with van der Waals surface area (Å²) in [5, 5.41) is 0. The first-order valence-corrected chi connectivity index (χ1v) is 2.87. The molecule has 0 aliphatic heterocycles. The Morgan fingerprint density at radius 1 is 1.62 bits per heavy atom. The van der Waals surface area contributed by atoms with Gasteiger partial charge in [-0.05, 0) is 20.6 Å². The van der Waals surface area contributed by atoms with E-state index in [1.54, 1.807) is 6.20 Å². The molecule has 0 aromatic carbocycles. The number of nitrogens with zero attached hydrogens (tertiary/aromatic N) is 1. The number of thiol groups is 1. The van der Waals surface area contributed by atoms with Gasteiger partial charge in [-0.2, -0.15) is 12.6 Å². The molecule has 0 rings (SSSR count). The summed E-state index contributed by atoms with van der Waals surface area (Å²) in [4.78, 5) is 3.54. The second kappa shape index (κ2) is 2.92. The predicted octanol–water partition coefficient (Wildman–Crippen LogP) is 1.91. The third-order valence-corrected chi connectivity index (χ3v) is 0.737. The molecular weight excluding hydrogens is 118 g/mol. The summed E-state index contributed by atoms with van der Waals surface area (Å²) in [7, 11) is 0. The molecule has 0 aromatic heterocycles. The van der Waals surface area contributed by atoms with E-state index in [-0.39, 0.29) is 4.75 Å². The highest BCUT2D eigenvalue weighted by atomic mass is 32.1. The zero-order chi connectivity index (χ0) is 6.62. The minimum atomic E-state index is -0.0683. The number of hydrogen-bond donors (Lipinski definition) is 1. The van der Waals surface area contributed by atoms with E-state index >= 15 is 0 Å². The molecule has 1 nitrogen and oxygen atoms in total. The summed E-state index contributed by atoms with van der Waals surface area (Å²) in [5.74, 6) is 0. The van der Waals surface area contributed by atoms with Crippen molar-refractivity contribution < 1.29 is 0 Å². The smallest absolute Gasteiger partial charge is 0.0270 e. The van der Waals surface area contributed by atoms with Gasteiger partial charge in [0.2, 0.25) is 0 Å². The normalized spacial score (nSPS) is 12.4. The second-order valence-electron chi connectivity index (χ2n) is 2.15. The molecule has 8 heavy (non-hydrogen) atoms. The molecule has 46 valence electrons. The first kappa shape index (κ1) is 7.76. The van der Waals surface area contributed by atoms with Gasteiger partial charge < -0.3 is 0 Å². The highest BCUT2D eigenvalue weighted by molar-refractivity contribution is 7.82. The van der Waals surface area contributed by atoms with Crippen molar-refractivity contribution in [3.8, 4) is 0 Å². The monoisotopic (exact) mass is 129 g/mol. The van der Waals surface area contributed by atoms with Gasteiger partial charge in [0.25, 0.3) is 0 Å². The van der Waals surface area contributed by atoms with E-state index in [1.807, 2.05) is 19.9 Å². The number of hydrogen-bond acceptors (Lipinski definition) is 2. The molecule has 0 heterocycles. The van der Waals surface area contributed by atoms with Gasteiger partial charge in [0.1, 0.15) is 0 Å². The van der Waals surface area contributed by atoms with Crippen molar-refractivity contribution in [3.63, 3.8) is 0 Å². The van der Waals surface area contributed by atoms with E-state index in [2.05, 4.69) is 24.3 Å². The molecule has 0 aromatic rings. The van der Waals surface area contributed by atoms with Crippen LogP contribution < -0.4 is 0 Å². The van der Waals surface area contributed by atoms with Crippen LogP contribution in [0.2, 0.25) is 0 Å². The van der Waals surface area contributed by atoms with Gasteiger partial charge in [-0.3, -0.25) is 4.99 Å². The van der Waals surface area contributed by atoms with Crippen molar-refractivity contribution in [2.45, 2.75) is 18.6 Å². The van der Waals surface area contributed by atoms with E-state index < -0.39 is 0 Å². The van der Waals surface area contributed by atoms with Gasteiger partial charge in [0.15, 0.2) is 0 Å². The van der Waals surface area contributed by atoms with Crippen LogP contribution in [0, 0.1) is 0 Å². The molecule has 0 aliphatic rings. The van der Waals surface area contributed by atoms with Crippen molar-refractivity contribution in [1.29, 1.82) is 0 Å². The topological polar surface area (TPSA) is 12.4 Å². The molecule has 0 unspecified atom stereocenters. The molecule has 2 heteroatoms. The predicted molar refractivity (Wildman–Crippen MR) is 41.8 cm³/mol. The largest absolute Gasteiger partial charge is 0.273 e. The summed E-state index contributed by atoms with van der Waals surface area (Å²) in [6.45, 7) is 7.26. The Bertz CT molecular complexity index is 99.6. The number of rotatable bonds is 2. The van der Waals surface area contributed by atoms with Crippen LogP contribution in [0.3, 0.4) is 0 Å². The third-order valence-electron chi connectivity index (χ3n) is 0.588. The van der Waals surface area contributed by atoms with Crippen LogP contribution in [0.15, 0.2) is 17.3 Å². The van der Waals surface area contributed by atoms with Crippen LogP contribution in [-0.2, 0) is 0 Å². The molecule has 0 amide bonds. The Hall–Kier alpha value is -0.240. The van der Waals surface area contributed by atoms with Gasteiger partial charge >= 0.3 is 0 Å². The van der Waals surface area contributed by atoms with Crippen molar-refractivity contribution in [2.24, 2.45) is 4.99 Å². The third kappa shape index (κ3) is 5.76. The highest BCUT2D eigenvalue weighted by Gasteiger charge is 2.03. The first-order chi connectivity index (χ1) is 3.56. The van der Waals surface area contributed by atoms with Crippen LogP contribution in [0.5, 0.6) is 0 Å². The Balaban J connectivity index is 3.69. The van der Waals surface area contributed by atoms with Gasteiger partial charge in [0, 0.05) is 10.9 Å². The lowest BCUT2D eigenvalue weighted by molar-refractivity contribution is 0.905. The Morgan fingerprint density at radius 3 is 2.25 bits per heavy atom. The van der Waals surface area contributed by atoms with E-state index in [9.17, 15) is 0 Å². The maximum atomic E-state index is 4.21. The second-order valence-corrected chi connectivity index (χ2v) is 3.30. The Kier molecular flexibility index (Phi) is 2.84. The van der Waals surface area contributed by atoms with Crippen molar-refractivity contribution in [2.75, 3.05) is 0 Å². The van der Waals surface area contributed by atoms with Gasteiger partial charge in [-0.1, -0.05) is 6.08 Å². The molecule has 0 saturated carbocycles. The van der Waals surface area contributed by atoms with Crippen molar-refractivity contribution in [1.82, 2.24) is 0 Å². The summed E-state index contributed by atoms with van der Waals surface area (Å²) >= 11 is 4.21. The van der Waals surface area contributed by atoms with E-state index in [1.165, 1.54) is 0 Å². The summed E-state index contributed by atoms with van der Waals surface area (Å²) in [6, 6.07) is 0. The van der Waals surface area contributed by atoms with Crippen molar-refractivity contribution >= 4 is 19.3 Å². The summed E-state index contributed by atoms with van der Waals surface area (Å²) in [5.41, 5.74) is 0. The van der Waals surface area contributed by atoms with Crippen LogP contribution in [-0.4, -0.2) is 11.5 Å². The fraction of sp³-hybridized carbons (Fsp3) is 0.500. The SMILES string of the molecule is C=N/C=C\C(C)(C)S. The van der Waals surface area contributed by atoms with Gasteiger partial charge in [-0.15, -0.1) is 0 Å². The van der Waals surface area contributed by atoms with Crippen LogP contribution >= 0.6 is 12.6 Å². The van der Waals surface area contributed by atoms with Gasteiger partial charge in [-0.25, -0.2) is 0 Å². The summed E-state index contributed by atoms with van der Waals surface area (Å²) < 4.78 is -0.0683. The quantitative estimate of drug-likeness (QED) is 0.432. The Labute approximate surface area is 55.9 Å². The average Bonchev–Trinajstić information content (AvgIpc) is 1.59. The standard InChI is InChI=1S/C6H11NS/c1-6(2,8)4-5-7-3/h4-5,8H,3H2,1-2H3/b5-4-. The lowest BCUT2D eigenvalue weighted by Gasteiger charge is -2.08. The lowest BCUT2D eigenvalue weighted by atomic mass is 10.2. The molecule has 0 spiro atoms.